The number of pyridine rings is 1. The van der Waals surface area contributed by atoms with Gasteiger partial charge in [0, 0.05) is 24.8 Å². The molecule has 1 saturated heterocycles. The SMILES string of the molecule is COc1ccc(-c2noc(-c3cccnc3N3CCC[C@@H](C)C3)n2)cc1. The first-order chi connectivity index (χ1) is 12.7. The zero-order valence-electron chi connectivity index (χ0n) is 15.1. The maximum Gasteiger partial charge on any atom is 0.261 e. The average Bonchev–Trinajstić information content (AvgIpc) is 3.18. The quantitative estimate of drug-likeness (QED) is 0.707. The first-order valence-electron chi connectivity index (χ1n) is 8.93. The number of benzene rings is 1. The summed E-state index contributed by atoms with van der Waals surface area (Å²) in [6.45, 7) is 4.29. The molecule has 134 valence electrons. The van der Waals surface area contributed by atoms with Gasteiger partial charge in [0.1, 0.15) is 11.6 Å². The van der Waals surface area contributed by atoms with E-state index in [-0.39, 0.29) is 0 Å². The Morgan fingerprint density at radius 2 is 2.04 bits per heavy atom. The van der Waals surface area contributed by atoms with Gasteiger partial charge < -0.3 is 14.2 Å². The van der Waals surface area contributed by atoms with Crippen molar-refractivity contribution in [2.24, 2.45) is 5.92 Å². The number of anilines is 1. The largest absolute Gasteiger partial charge is 0.497 e. The predicted molar refractivity (Wildman–Crippen MR) is 100 cm³/mol. The summed E-state index contributed by atoms with van der Waals surface area (Å²) in [4.78, 5) is 11.5. The van der Waals surface area contributed by atoms with Crippen LogP contribution in [-0.2, 0) is 0 Å². The summed E-state index contributed by atoms with van der Waals surface area (Å²) in [6.07, 6.45) is 4.26. The summed E-state index contributed by atoms with van der Waals surface area (Å²) >= 11 is 0. The van der Waals surface area contributed by atoms with E-state index in [0.717, 1.165) is 35.8 Å². The molecule has 6 nitrogen and oxygen atoms in total. The lowest BCUT2D eigenvalue weighted by Crippen LogP contribution is -2.35. The third-order valence-electron chi connectivity index (χ3n) is 4.75. The summed E-state index contributed by atoms with van der Waals surface area (Å²) in [6, 6.07) is 11.5. The van der Waals surface area contributed by atoms with Gasteiger partial charge >= 0.3 is 0 Å². The normalized spacial score (nSPS) is 17.3. The van der Waals surface area contributed by atoms with E-state index in [4.69, 9.17) is 9.26 Å². The lowest BCUT2D eigenvalue weighted by atomic mass is 10.00. The summed E-state index contributed by atoms with van der Waals surface area (Å²) in [5, 5.41) is 4.15. The minimum Gasteiger partial charge on any atom is -0.497 e. The van der Waals surface area contributed by atoms with Crippen LogP contribution in [0.2, 0.25) is 0 Å². The van der Waals surface area contributed by atoms with Crippen molar-refractivity contribution in [3.05, 3.63) is 42.6 Å². The fourth-order valence-electron chi connectivity index (χ4n) is 3.39. The third kappa shape index (κ3) is 3.27. The van der Waals surface area contributed by atoms with Crippen molar-refractivity contribution in [1.29, 1.82) is 0 Å². The standard InChI is InChI=1S/C20H22N4O2/c1-14-5-4-12-24(13-14)19-17(6-3-11-21-19)20-22-18(23-26-20)15-7-9-16(25-2)10-8-15/h3,6-11,14H,4-5,12-13H2,1-2H3/t14-/m1/s1. The van der Waals surface area contributed by atoms with E-state index in [1.165, 1.54) is 12.8 Å². The van der Waals surface area contributed by atoms with Crippen molar-refractivity contribution in [2.75, 3.05) is 25.1 Å². The number of ether oxygens (including phenoxy) is 1. The molecule has 0 saturated carbocycles. The van der Waals surface area contributed by atoms with Crippen LogP contribution in [0.4, 0.5) is 5.82 Å². The molecule has 3 heterocycles. The van der Waals surface area contributed by atoms with Crippen molar-refractivity contribution in [2.45, 2.75) is 19.8 Å². The van der Waals surface area contributed by atoms with E-state index in [2.05, 4.69) is 26.9 Å². The summed E-state index contributed by atoms with van der Waals surface area (Å²) in [7, 11) is 1.65. The molecule has 0 N–H and O–H groups in total. The van der Waals surface area contributed by atoms with E-state index in [0.29, 0.717) is 17.6 Å². The number of aromatic nitrogens is 3. The minimum atomic E-state index is 0.497. The van der Waals surface area contributed by atoms with Crippen LogP contribution in [0, 0.1) is 5.92 Å². The second-order valence-electron chi connectivity index (χ2n) is 6.72. The fourth-order valence-corrected chi connectivity index (χ4v) is 3.39. The van der Waals surface area contributed by atoms with Crippen LogP contribution in [0.5, 0.6) is 5.75 Å². The van der Waals surface area contributed by atoms with Gasteiger partial charge in [-0.3, -0.25) is 0 Å². The van der Waals surface area contributed by atoms with Gasteiger partial charge in [-0.05, 0) is 55.2 Å². The van der Waals surface area contributed by atoms with Crippen LogP contribution >= 0.6 is 0 Å². The zero-order chi connectivity index (χ0) is 17.9. The molecule has 1 fully saturated rings. The second kappa shape index (κ2) is 7.15. The number of nitrogens with zero attached hydrogens (tertiary/aromatic N) is 4. The molecule has 2 aromatic heterocycles. The van der Waals surface area contributed by atoms with Gasteiger partial charge in [0.25, 0.3) is 5.89 Å². The number of piperidine rings is 1. The molecule has 0 amide bonds. The Hall–Kier alpha value is -2.89. The highest BCUT2D eigenvalue weighted by atomic mass is 16.5. The van der Waals surface area contributed by atoms with Crippen LogP contribution in [0.15, 0.2) is 47.1 Å². The van der Waals surface area contributed by atoms with Crippen LogP contribution in [0.1, 0.15) is 19.8 Å². The van der Waals surface area contributed by atoms with Crippen molar-refractivity contribution >= 4 is 5.82 Å². The highest BCUT2D eigenvalue weighted by Gasteiger charge is 2.23. The Morgan fingerprint density at radius 3 is 2.81 bits per heavy atom. The Balaban J connectivity index is 1.65. The molecule has 1 aliphatic rings. The Labute approximate surface area is 152 Å². The van der Waals surface area contributed by atoms with E-state index in [9.17, 15) is 0 Å². The topological polar surface area (TPSA) is 64.3 Å². The first kappa shape index (κ1) is 16.6. The smallest absolute Gasteiger partial charge is 0.261 e. The molecule has 0 spiro atoms. The summed E-state index contributed by atoms with van der Waals surface area (Å²) in [5.41, 5.74) is 1.77. The van der Waals surface area contributed by atoms with E-state index >= 15 is 0 Å². The molecule has 4 rings (SSSR count). The molecule has 1 atom stereocenters. The van der Waals surface area contributed by atoms with Crippen LogP contribution in [0.25, 0.3) is 22.8 Å². The van der Waals surface area contributed by atoms with Gasteiger partial charge in [-0.1, -0.05) is 12.1 Å². The number of hydrogen-bond donors (Lipinski definition) is 0. The van der Waals surface area contributed by atoms with E-state index < -0.39 is 0 Å². The van der Waals surface area contributed by atoms with Gasteiger partial charge in [-0.15, -0.1) is 0 Å². The maximum atomic E-state index is 5.56. The van der Waals surface area contributed by atoms with Gasteiger partial charge in [0.05, 0.1) is 12.7 Å². The van der Waals surface area contributed by atoms with Gasteiger partial charge in [0.15, 0.2) is 0 Å². The van der Waals surface area contributed by atoms with Gasteiger partial charge in [-0.2, -0.15) is 4.98 Å². The number of methoxy groups -OCH3 is 1. The average molecular weight is 350 g/mol. The fraction of sp³-hybridized carbons (Fsp3) is 0.350. The Bertz CT molecular complexity index is 876. The molecule has 1 aromatic carbocycles. The summed E-state index contributed by atoms with van der Waals surface area (Å²) < 4.78 is 10.8. The molecular weight excluding hydrogens is 328 g/mol. The van der Waals surface area contributed by atoms with Crippen molar-refractivity contribution in [1.82, 2.24) is 15.1 Å². The van der Waals surface area contributed by atoms with Crippen molar-refractivity contribution in [3.63, 3.8) is 0 Å². The van der Waals surface area contributed by atoms with E-state index in [1.54, 1.807) is 7.11 Å². The summed E-state index contributed by atoms with van der Waals surface area (Å²) in [5.74, 6) is 3.44. The molecule has 0 aliphatic carbocycles. The molecule has 0 unspecified atom stereocenters. The Morgan fingerprint density at radius 1 is 1.19 bits per heavy atom. The highest BCUT2D eigenvalue weighted by Crippen LogP contribution is 2.32. The second-order valence-corrected chi connectivity index (χ2v) is 6.72. The van der Waals surface area contributed by atoms with Crippen LogP contribution in [0.3, 0.4) is 0 Å². The maximum absolute atomic E-state index is 5.56. The Kier molecular flexibility index (Phi) is 4.56. The highest BCUT2D eigenvalue weighted by molar-refractivity contribution is 5.71. The van der Waals surface area contributed by atoms with Crippen molar-refractivity contribution in [3.8, 4) is 28.6 Å². The van der Waals surface area contributed by atoms with E-state index in [1.807, 2.05) is 42.6 Å². The predicted octanol–water partition coefficient (Wildman–Crippen LogP) is 4.04. The van der Waals surface area contributed by atoms with Crippen LogP contribution < -0.4 is 9.64 Å². The molecule has 1 aliphatic heterocycles. The molecule has 26 heavy (non-hydrogen) atoms. The molecule has 0 bridgehead atoms. The van der Waals surface area contributed by atoms with Crippen molar-refractivity contribution < 1.29 is 9.26 Å². The number of hydrogen-bond acceptors (Lipinski definition) is 6. The zero-order valence-corrected chi connectivity index (χ0v) is 15.1. The first-order valence-corrected chi connectivity index (χ1v) is 8.93. The van der Waals surface area contributed by atoms with Gasteiger partial charge in [0.2, 0.25) is 5.82 Å². The monoisotopic (exact) mass is 350 g/mol. The molecule has 3 aromatic rings. The molecular formula is C20H22N4O2. The minimum absolute atomic E-state index is 0.497. The lowest BCUT2D eigenvalue weighted by molar-refractivity contribution is 0.414. The van der Waals surface area contributed by atoms with Crippen LogP contribution in [-0.4, -0.2) is 35.3 Å². The third-order valence-corrected chi connectivity index (χ3v) is 4.75. The molecule has 6 heteroatoms. The van der Waals surface area contributed by atoms with Gasteiger partial charge in [-0.25, -0.2) is 4.98 Å². The lowest BCUT2D eigenvalue weighted by Gasteiger charge is -2.32. The molecule has 0 radical (unpaired) electrons. The number of rotatable bonds is 4.